The lowest BCUT2D eigenvalue weighted by molar-refractivity contribution is 0.457. The summed E-state index contributed by atoms with van der Waals surface area (Å²) in [6, 6.07) is 17.5. The van der Waals surface area contributed by atoms with E-state index in [2.05, 4.69) is 28.3 Å². The van der Waals surface area contributed by atoms with Crippen LogP contribution < -0.4 is 15.8 Å². The van der Waals surface area contributed by atoms with Gasteiger partial charge in [0.1, 0.15) is 11.6 Å². The predicted octanol–water partition coefficient (Wildman–Crippen LogP) is 4.50. The summed E-state index contributed by atoms with van der Waals surface area (Å²) in [5, 5.41) is 3.08. The van der Waals surface area contributed by atoms with Gasteiger partial charge in [0, 0.05) is 24.0 Å². The zero-order valence-electron chi connectivity index (χ0n) is 15.0. The molecule has 0 unspecified atom stereocenters. The number of anilines is 1. The standard InChI is InChI=1S/C21H21FN4O/c1-2-15-5-3-7-18(11-15)26-21(23)25-14-16-9-10-20(24-13-16)27-19-8-4-6-17(22)12-19/h3-13H,2,14H2,1H3,(H3,23,25,26). The average molecular weight is 364 g/mol. The van der Waals surface area contributed by atoms with Gasteiger partial charge in [-0.15, -0.1) is 0 Å². The van der Waals surface area contributed by atoms with E-state index in [0.29, 0.717) is 24.1 Å². The van der Waals surface area contributed by atoms with Gasteiger partial charge in [-0.05, 0) is 41.8 Å². The number of aromatic nitrogens is 1. The van der Waals surface area contributed by atoms with Gasteiger partial charge in [0.05, 0.1) is 6.54 Å². The fraction of sp³-hybridized carbons (Fsp3) is 0.143. The summed E-state index contributed by atoms with van der Waals surface area (Å²) in [5.41, 5.74) is 8.97. The van der Waals surface area contributed by atoms with Crippen molar-refractivity contribution in [1.82, 2.24) is 4.98 Å². The normalized spacial score (nSPS) is 11.3. The Bertz CT molecular complexity index is 925. The maximum atomic E-state index is 13.2. The third kappa shape index (κ3) is 5.54. The molecule has 3 N–H and O–H groups in total. The molecule has 0 saturated carbocycles. The number of guanidine groups is 1. The van der Waals surface area contributed by atoms with Gasteiger partial charge in [-0.3, -0.25) is 0 Å². The van der Waals surface area contributed by atoms with Crippen molar-refractivity contribution in [2.75, 3.05) is 5.32 Å². The zero-order valence-corrected chi connectivity index (χ0v) is 15.0. The van der Waals surface area contributed by atoms with Crippen molar-refractivity contribution >= 4 is 11.6 Å². The van der Waals surface area contributed by atoms with Gasteiger partial charge in [0.15, 0.2) is 5.96 Å². The molecule has 0 aliphatic carbocycles. The number of nitrogens with two attached hydrogens (primary N) is 1. The summed E-state index contributed by atoms with van der Waals surface area (Å²) >= 11 is 0. The number of rotatable bonds is 6. The molecule has 5 nitrogen and oxygen atoms in total. The molecule has 0 aliphatic heterocycles. The van der Waals surface area contributed by atoms with Gasteiger partial charge < -0.3 is 15.8 Å². The number of nitrogens with one attached hydrogen (secondary N) is 1. The van der Waals surface area contributed by atoms with Crippen LogP contribution in [0.5, 0.6) is 11.6 Å². The van der Waals surface area contributed by atoms with E-state index in [1.807, 2.05) is 24.3 Å². The lowest BCUT2D eigenvalue weighted by atomic mass is 10.1. The molecule has 0 spiro atoms. The van der Waals surface area contributed by atoms with Gasteiger partial charge in [-0.2, -0.15) is 0 Å². The zero-order chi connectivity index (χ0) is 19.1. The van der Waals surface area contributed by atoms with Crippen LogP contribution in [0.3, 0.4) is 0 Å². The fourth-order valence-corrected chi connectivity index (χ4v) is 2.45. The molecule has 0 radical (unpaired) electrons. The first-order chi connectivity index (χ1) is 13.1. The minimum atomic E-state index is -0.356. The van der Waals surface area contributed by atoms with Gasteiger partial charge in [-0.1, -0.05) is 31.2 Å². The molecule has 6 heteroatoms. The van der Waals surface area contributed by atoms with Crippen molar-refractivity contribution in [3.8, 4) is 11.6 Å². The second-order valence-corrected chi connectivity index (χ2v) is 5.94. The van der Waals surface area contributed by atoms with Gasteiger partial charge in [-0.25, -0.2) is 14.4 Å². The van der Waals surface area contributed by atoms with Crippen LogP contribution in [0.15, 0.2) is 71.9 Å². The number of ether oxygens (including phenoxy) is 1. The van der Waals surface area contributed by atoms with E-state index in [4.69, 9.17) is 10.5 Å². The first kappa shape index (κ1) is 18.4. The third-order valence-electron chi connectivity index (χ3n) is 3.86. The Hall–Kier alpha value is -3.41. The molecule has 0 atom stereocenters. The molecular weight excluding hydrogens is 343 g/mol. The summed E-state index contributed by atoms with van der Waals surface area (Å²) in [4.78, 5) is 8.54. The maximum absolute atomic E-state index is 13.2. The Morgan fingerprint density at radius 3 is 2.70 bits per heavy atom. The molecule has 2 aromatic carbocycles. The van der Waals surface area contributed by atoms with E-state index in [1.54, 1.807) is 24.4 Å². The Morgan fingerprint density at radius 2 is 1.96 bits per heavy atom. The van der Waals surface area contributed by atoms with E-state index in [9.17, 15) is 4.39 Å². The molecule has 0 amide bonds. The molecule has 0 bridgehead atoms. The Morgan fingerprint density at radius 1 is 1.11 bits per heavy atom. The monoisotopic (exact) mass is 364 g/mol. The lowest BCUT2D eigenvalue weighted by Gasteiger charge is -2.07. The van der Waals surface area contributed by atoms with Crippen LogP contribution in [0.4, 0.5) is 10.1 Å². The Balaban J connectivity index is 1.58. The molecule has 0 aliphatic rings. The van der Waals surface area contributed by atoms with Crippen molar-refractivity contribution < 1.29 is 9.13 Å². The summed E-state index contributed by atoms with van der Waals surface area (Å²) in [6.07, 6.45) is 2.62. The number of halogens is 1. The number of benzene rings is 2. The average Bonchev–Trinajstić information content (AvgIpc) is 2.68. The van der Waals surface area contributed by atoms with Crippen LogP contribution in [0.2, 0.25) is 0 Å². The molecule has 0 fully saturated rings. The molecule has 3 rings (SSSR count). The summed E-state index contributed by atoms with van der Waals surface area (Å²) < 4.78 is 18.7. The Kier molecular flexibility index (Phi) is 5.99. The van der Waals surface area contributed by atoms with Crippen LogP contribution in [0.1, 0.15) is 18.1 Å². The van der Waals surface area contributed by atoms with E-state index in [1.165, 1.54) is 17.7 Å². The quantitative estimate of drug-likeness (QED) is 0.499. The van der Waals surface area contributed by atoms with Gasteiger partial charge in [0.25, 0.3) is 0 Å². The lowest BCUT2D eigenvalue weighted by Crippen LogP contribution is -2.22. The van der Waals surface area contributed by atoms with Crippen LogP contribution >= 0.6 is 0 Å². The molecule has 0 saturated heterocycles. The summed E-state index contributed by atoms with van der Waals surface area (Å²) in [5.74, 6) is 0.765. The van der Waals surface area contributed by atoms with Crippen LogP contribution in [0.25, 0.3) is 0 Å². The number of hydrogen-bond donors (Lipinski definition) is 2. The van der Waals surface area contributed by atoms with Crippen molar-refractivity contribution in [2.24, 2.45) is 10.7 Å². The number of hydrogen-bond acceptors (Lipinski definition) is 3. The number of aliphatic imine (C=N–C) groups is 1. The van der Waals surface area contributed by atoms with E-state index in [-0.39, 0.29) is 5.82 Å². The first-order valence-electron chi connectivity index (χ1n) is 8.66. The molecule has 27 heavy (non-hydrogen) atoms. The molecule has 1 heterocycles. The molecule has 1 aromatic heterocycles. The predicted molar refractivity (Wildman–Crippen MR) is 105 cm³/mol. The van der Waals surface area contributed by atoms with E-state index in [0.717, 1.165) is 17.7 Å². The van der Waals surface area contributed by atoms with Gasteiger partial charge in [0.2, 0.25) is 5.88 Å². The summed E-state index contributed by atoms with van der Waals surface area (Å²) in [7, 11) is 0. The molecular formula is C21H21FN4O. The second-order valence-electron chi connectivity index (χ2n) is 5.94. The number of pyridine rings is 1. The SMILES string of the molecule is CCc1cccc(NC(N)=NCc2ccc(Oc3cccc(F)c3)nc2)c1. The second kappa shape index (κ2) is 8.80. The largest absolute Gasteiger partial charge is 0.439 e. The van der Waals surface area contributed by atoms with Crippen LogP contribution in [-0.2, 0) is 13.0 Å². The first-order valence-corrected chi connectivity index (χ1v) is 8.66. The molecule has 3 aromatic rings. The third-order valence-corrected chi connectivity index (χ3v) is 3.86. The van der Waals surface area contributed by atoms with Crippen molar-refractivity contribution in [3.63, 3.8) is 0 Å². The fourth-order valence-electron chi connectivity index (χ4n) is 2.45. The van der Waals surface area contributed by atoms with Crippen molar-refractivity contribution in [1.29, 1.82) is 0 Å². The van der Waals surface area contributed by atoms with E-state index < -0.39 is 0 Å². The molecule has 138 valence electrons. The van der Waals surface area contributed by atoms with E-state index >= 15 is 0 Å². The van der Waals surface area contributed by atoms with Crippen LogP contribution in [0, 0.1) is 5.82 Å². The highest BCUT2D eigenvalue weighted by Crippen LogP contribution is 2.20. The summed E-state index contributed by atoms with van der Waals surface area (Å²) in [6.45, 7) is 2.49. The smallest absolute Gasteiger partial charge is 0.219 e. The highest BCUT2D eigenvalue weighted by Gasteiger charge is 2.01. The number of aryl methyl sites for hydroxylation is 1. The highest BCUT2D eigenvalue weighted by molar-refractivity contribution is 5.92. The minimum Gasteiger partial charge on any atom is -0.439 e. The Labute approximate surface area is 157 Å². The maximum Gasteiger partial charge on any atom is 0.219 e. The van der Waals surface area contributed by atoms with Crippen molar-refractivity contribution in [3.05, 3.63) is 83.8 Å². The van der Waals surface area contributed by atoms with Gasteiger partial charge >= 0.3 is 0 Å². The van der Waals surface area contributed by atoms with Crippen molar-refractivity contribution in [2.45, 2.75) is 19.9 Å². The topological polar surface area (TPSA) is 72.5 Å². The highest BCUT2D eigenvalue weighted by atomic mass is 19.1. The van der Waals surface area contributed by atoms with Crippen LogP contribution in [-0.4, -0.2) is 10.9 Å². The number of nitrogens with zero attached hydrogens (tertiary/aromatic N) is 2. The minimum absolute atomic E-state index is 0.336.